The first-order valence-electron chi connectivity index (χ1n) is 30.3. The minimum Gasteiger partial charge on any atom is -0.556 e. The summed E-state index contributed by atoms with van der Waals surface area (Å²) in [6.07, 6.45) is 17.4. The summed E-state index contributed by atoms with van der Waals surface area (Å²) in [6, 6.07) is 17.6. The van der Waals surface area contributed by atoms with Gasteiger partial charge in [-0.2, -0.15) is 0 Å². The van der Waals surface area contributed by atoms with Crippen LogP contribution in [0, 0.1) is 47.1 Å². The van der Waals surface area contributed by atoms with Crippen molar-refractivity contribution >= 4 is 27.3 Å². The van der Waals surface area contributed by atoms with Crippen LogP contribution in [0.5, 0.6) is 0 Å². The summed E-state index contributed by atoms with van der Waals surface area (Å²) < 4.78 is 0. The van der Waals surface area contributed by atoms with Gasteiger partial charge in [0, 0.05) is 131 Å². The third-order valence-corrected chi connectivity index (χ3v) is 29.6. The second kappa shape index (κ2) is 30.8. The summed E-state index contributed by atoms with van der Waals surface area (Å²) in [6.45, 7) is 56.3. The van der Waals surface area contributed by atoms with Crippen molar-refractivity contribution in [3.63, 3.8) is 0 Å². The second-order valence-electron chi connectivity index (χ2n) is 28.3. The van der Waals surface area contributed by atoms with Gasteiger partial charge in [0.1, 0.15) is 11.1 Å². The van der Waals surface area contributed by atoms with Gasteiger partial charge in [-0.1, -0.05) is 189 Å². The predicted octanol–water partition coefficient (Wildman–Crippen LogP) is 19.3. The van der Waals surface area contributed by atoms with Crippen molar-refractivity contribution in [3.8, 4) is 22.9 Å². The molecule has 0 radical (unpaired) electrons. The minimum absolute atomic E-state index is 0. The molecule has 0 aliphatic carbocycles. The van der Waals surface area contributed by atoms with Gasteiger partial charge in [-0.25, -0.2) is 0 Å². The van der Waals surface area contributed by atoms with Gasteiger partial charge < -0.3 is 41.7 Å². The number of hydrogen-bond acceptors (Lipinski definition) is 4. The molecule has 458 valence electrons. The fourth-order valence-electron chi connectivity index (χ4n) is 12.4. The van der Waals surface area contributed by atoms with Crippen molar-refractivity contribution < 1.29 is 39.9 Å². The van der Waals surface area contributed by atoms with Crippen LogP contribution in [-0.4, -0.2) is 65.0 Å². The molecule has 0 unspecified atom stereocenters. The SMILES string of the molecule is CC(C)[Si](C#C/C1=C2\C=C[C+]([N-]2)/C(c2cc(C(C)(C)C)cc(C(C)(C)C)c2)=C2/C=C[C+]([N-]2)/C(C#C[Si](C(C)C)(C(C)C)C(C)C)=C2/C=C[C+]([N-]2)/C(c2cc(C(C)(C)C)cc(C(C)(C)C)c2)=C2/C=C[C+]1[N-]2)(C(C)C)C(C)C.CO.CO.CO.CO.[Zn]. The Labute approximate surface area is 534 Å². The Hall–Kier alpha value is -4.94. The van der Waals surface area contributed by atoms with Crippen LogP contribution in [0.15, 0.2) is 119 Å². The number of hydrogen-bond donors (Lipinski definition) is 4. The van der Waals surface area contributed by atoms with Gasteiger partial charge in [0.2, 0.25) is 0 Å². The van der Waals surface area contributed by atoms with E-state index in [1.54, 1.807) is 0 Å². The molecule has 0 atom stereocenters. The van der Waals surface area contributed by atoms with Crippen LogP contribution in [-0.2, 0) is 41.1 Å². The average Bonchev–Trinajstić information content (AvgIpc) is 3.89. The number of fused-ring (bicyclic) bond motifs is 8. The van der Waals surface area contributed by atoms with Crippen LogP contribution in [0.2, 0.25) is 33.2 Å². The minimum atomic E-state index is -2.20. The smallest absolute Gasteiger partial charge is 0.160 e. The molecular weight excluding hydrogens is 1130 g/mol. The maximum Gasteiger partial charge on any atom is 0.160 e. The van der Waals surface area contributed by atoms with Gasteiger partial charge in [0.25, 0.3) is 0 Å². The number of allylic oxidation sites excluding steroid dienone is 4. The maximum absolute atomic E-state index is 7.00. The van der Waals surface area contributed by atoms with E-state index in [1.165, 1.54) is 22.3 Å². The van der Waals surface area contributed by atoms with Crippen LogP contribution in [0.3, 0.4) is 0 Å². The normalized spacial score (nSPS) is 19.2. The first-order chi connectivity index (χ1) is 39.1. The summed E-state index contributed by atoms with van der Waals surface area (Å²) in [5.41, 5.74) is 24.9. The van der Waals surface area contributed by atoms with Gasteiger partial charge in [0.05, 0.1) is 22.3 Å². The number of benzene rings is 2. The molecule has 0 fully saturated rings. The fourth-order valence-corrected chi connectivity index (χ4v) is 22.8. The van der Waals surface area contributed by atoms with Crippen molar-refractivity contribution in [2.75, 3.05) is 28.4 Å². The molecular formula is C74H108N4O4Si2Zn. The van der Waals surface area contributed by atoms with Crippen molar-refractivity contribution in [2.24, 2.45) is 0 Å². The summed E-state index contributed by atoms with van der Waals surface area (Å²) in [4.78, 5) is 0. The van der Waals surface area contributed by atoms with Crippen LogP contribution in [0.25, 0.3) is 32.4 Å². The number of aliphatic hydroxyl groups excluding tert-OH is 4. The van der Waals surface area contributed by atoms with Crippen molar-refractivity contribution in [2.45, 2.75) is 221 Å². The topological polar surface area (TPSA) is 137 Å². The molecule has 2 aromatic carbocycles. The van der Waals surface area contributed by atoms with Crippen LogP contribution < -0.4 is 0 Å². The Morgan fingerprint density at radius 1 is 0.341 bits per heavy atom. The second-order valence-corrected chi connectivity index (χ2v) is 39.4. The molecule has 0 aromatic heterocycles. The van der Waals surface area contributed by atoms with E-state index in [-0.39, 0.29) is 41.1 Å². The third-order valence-electron chi connectivity index (χ3n) is 17.1. The molecule has 0 amide bonds. The zero-order chi connectivity index (χ0) is 64.4. The van der Waals surface area contributed by atoms with Crippen molar-refractivity contribution in [1.82, 2.24) is 0 Å². The number of aliphatic hydroxyl groups is 4. The van der Waals surface area contributed by atoms with Gasteiger partial charge in [-0.05, 0) is 126 Å². The largest absolute Gasteiger partial charge is 0.556 e. The fraction of sp³-hybridized carbons (Fsp3) is 0.514. The van der Waals surface area contributed by atoms with E-state index in [2.05, 4.69) is 274 Å². The Balaban J connectivity index is 0.00000263. The van der Waals surface area contributed by atoms with E-state index in [0.29, 0.717) is 33.2 Å². The van der Waals surface area contributed by atoms with Gasteiger partial charge in [0.15, 0.2) is 16.1 Å². The molecule has 5 aliphatic heterocycles. The molecule has 0 spiro atoms. The molecule has 0 saturated heterocycles. The Morgan fingerprint density at radius 2 is 0.553 bits per heavy atom. The van der Waals surface area contributed by atoms with Crippen molar-refractivity contribution in [1.29, 1.82) is 0 Å². The Kier molecular flexibility index (Phi) is 27.6. The summed E-state index contributed by atoms with van der Waals surface area (Å²) >= 11 is 0. The third kappa shape index (κ3) is 16.8. The van der Waals surface area contributed by atoms with E-state index in [9.17, 15) is 0 Å². The van der Waals surface area contributed by atoms with E-state index in [1.807, 2.05) is 0 Å². The maximum atomic E-state index is 7.00. The monoisotopic (exact) mass is 1240 g/mol. The van der Waals surface area contributed by atoms with E-state index in [4.69, 9.17) is 41.7 Å². The van der Waals surface area contributed by atoms with Gasteiger partial charge in [-0.3, -0.25) is 0 Å². The average molecular weight is 1240 g/mol. The molecule has 8 bridgehead atoms. The van der Waals surface area contributed by atoms with Crippen LogP contribution >= 0.6 is 0 Å². The van der Waals surface area contributed by atoms with E-state index in [0.717, 1.165) is 109 Å². The summed E-state index contributed by atoms with van der Waals surface area (Å²) in [5.74, 6) is 7.84. The van der Waals surface area contributed by atoms with Gasteiger partial charge in [-0.15, -0.1) is 0 Å². The van der Waals surface area contributed by atoms with E-state index >= 15 is 0 Å². The zero-order valence-corrected chi connectivity index (χ0v) is 62.8. The number of rotatable bonds is 8. The van der Waals surface area contributed by atoms with Crippen LogP contribution in [0.4, 0.5) is 0 Å². The Morgan fingerprint density at radius 3 is 0.776 bits per heavy atom. The molecule has 8 nitrogen and oxygen atoms in total. The number of nitrogens with zero attached hydrogens (tertiary/aromatic N) is 4. The first-order valence-corrected chi connectivity index (χ1v) is 34.8. The molecule has 0 saturated carbocycles. The van der Waals surface area contributed by atoms with Gasteiger partial charge >= 0.3 is 0 Å². The molecule has 5 aliphatic rings. The standard InChI is InChI=1S/C70H92N4Si2.4CH4O.Zn/c1-43(2)75(44(3)4,45(5)6)35-33-55-57-25-29-61(71-57)65(49-37-51(67(13,14)15)41-52(38-49)68(16,17)18)63-31-27-59(73-63)56(34-36-76(46(7)8,47(9)10)48(11)12)60-28-32-64(74-60)66(62-30-26-58(55)72-62)50-39-53(69(19,20)21)42-54(40-50)70(22,23)24;4*1-2;/h25-32,37-48H,1-24H3;4*2H,1H3;/b57-55-,60-56-,65-63-,66-62-;;;;;. The molecule has 5 heterocycles. The molecule has 85 heavy (non-hydrogen) atoms. The predicted molar refractivity (Wildman–Crippen MR) is 369 cm³/mol. The summed E-state index contributed by atoms with van der Waals surface area (Å²) in [7, 11) is -0.399. The molecule has 7 rings (SSSR count). The zero-order valence-electron chi connectivity index (χ0n) is 57.8. The van der Waals surface area contributed by atoms with Crippen molar-refractivity contribution in [3.05, 3.63) is 198 Å². The quantitative estimate of drug-likeness (QED) is 0.119. The molecule has 4 N–H and O–H groups in total. The first kappa shape index (κ1) is 76.2. The van der Waals surface area contributed by atoms with E-state index < -0.39 is 16.1 Å². The summed E-state index contributed by atoms with van der Waals surface area (Å²) in [5, 5.41) is 50.7. The molecule has 2 aromatic rings. The molecule has 11 heteroatoms. The Bertz CT molecular complexity index is 2680. The van der Waals surface area contributed by atoms with Crippen LogP contribution in [0.1, 0.15) is 200 Å².